The molecule has 0 aliphatic heterocycles. The van der Waals surface area contributed by atoms with Crippen molar-refractivity contribution >= 4 is 31.6 Å². The summed E-state index contributed by atoms with van der Waals surface area (Å²) in [6, 6.07) is 4.73. The molecule has 0 atom stereocenters. The molecule has 0 saturated heterocycles. The van der Waals surface area contributed by atoms with Gasteiger partial charge in [0.2, 0.25) is 10.0 Å². The van der Waals surface area contributed by atoms with Gasteiger partial charge in [0, 0.05) is 11.0 Å². The van der Waals surface area contributed by atoms with Crippen LogP contribution in [0.3, 0.4) is 0 Å². The van der Waals surface area contributed by atoms with Gasteiger partial charge in [0.15, 0.2) is 0 Å². The number of hydrogen-bond acceptors (Lipinski definition) is 4. The SMILES string of the molecule is CN(C)CCCNS(=O)(=O)c1ccc(Br)cc1N. The number of anilines is 1. The van der Waals surface area contributed by atoms with Gasteiger partial charge < -0.3 is 10.6 Å². The summed E-state index contributed by atoms with van der Waals surface area (Å²) in [5, 5.41) is 0. The summed E-state index contributed by atoms with van der Waals surface area (Å²) in [6.45, 7) is 1.23. The highest BCUT2D eigenvalue weighted by atomic mass is 79.9. The third kappa shape index (κ3) is 4.56. The minimum atomic E-state index is -3.52. The van der Waals surface area contributed by atoms with Gasteiger partial charge in [0.25, 0.3) is 0 Å². The van der Waals surface area contributed by atoms with Crippen LogP contribution in [0, 0.1) is 0 Å². The molecule has 0 saturated carbocycles. The van der Waals surface area contributed by atoms with E-state index in [1.54, 1.807) is 12.1 Å². The van der Waals surface area contributed by atoms with Crippen LogP contribution < -0.4 is 10.5 Å². The van der Waals surface area contributed by atoms with Gasteiger partial charge in [-0.15, -0.1) is 0 Å². The maximum absolute atomic E-state index is 12.0. The zero-order chi connectivity index (χ0) is 13.8. The first-order valence-electron chi connectivity index (χ1n) is 5.52. The van der Waals surface area contributed by atoms with Gasteiger partial charge in [-0.2, -0.15) is 0 Å². The lowest BCUT2D eigenvalue weighted by Crippen LogP contribution is -2.27. The Bertz CT molecular complexity index is 503. The van der Waals surface area contributed by atoms with Crippen molar-refractivity contribution in [1.29, 1.82) is 0 Å². The molecule has 1 aromatic carbocycles. The summed E-state index contributed by atoms with van der Waals surface area (Å²) in [6.07, 6.45) is 0.753. The van der Waals surface area contributed by atoms with Crippen molar-refractivity contribution in [3.8, 4) is 0 Å². The number of nitrogens with one attached hydrogen (secondary N) is 1. The second-order valence-corrected chi connectivity index (χ2v) is 6.89. The number of nitrogen functional groups attached to an aromatic ring is 1. The largest absolute Gasteiger partial charge is 0.398 e. The summed E-state index contributed by atoms with van der Waals surface area (Å²) >= 11 is 3.24. The number of hydrogen-bond donors (Lipinski definition) is 2. The quantitative estimate of drug-likeness (QED) is 0.606. The topological polar surface area (TPSA) is 75.4 Å². The lowest BCUT2D eigenvalue weighted by molar-refractivity contribution is 0.400. The molecule has 102 valence electrons. The second kappa shape index (κ2) is 6.51. The monoisotopic (exact) mass is 335 g/mol. The smallest absolute Gasteiger partial charge is 0.242 e. The Morgan fingerprint density at radius 1 is 1.39 bits per heavy atom. The van der Waals surface area contributed by atoms with Gasteiger partial charge in [-0.05, 0) is 45.3 Å². The van der Waals surface area contributed by atoms with Crippen LogP contribution in [0.1, 0.15) is 6.42 Å². The molecular formula is C11H18BrN3O2S. The molecule has 1 rings (SSSR count). The molecule has 0 unspecified atom stereocenters. The predicted molar refractivity (Wildman–Crippen MR) is 76.9 cm³/mol. The maximum Gasteiger partial charge on any atom is 0.242 e. The molecule has 0 fully saturated rings. The lowest BCUT2D eigenvalue weighted by atomic mass is 10.3. The van der Waals surface area contributed by atoms with Crippen molar-refractivity contribution in [3.05, 3.63) is 22.7 Å². The Balaban J connectivity index is 2.69. The highest BCUT2D eigenvalue weighted by molar-refractivity contribution is 9.10. The average molecular weight is 336 g/mol. The molecule has 1 aromatic rings. The summed E-state index contributed by atoms with van der Waals surface area (Å²) in [5.41, 5.74) is 5.94. The van der Waals surface area contributed by atoms with Crippen LogP contribution in [-0.2, 0) is 10.0 Å². The fraction of sp³-hybridized carbons (Fsp3) is 0.455. The highest BCUT2D eigenvalue weighted by Gasteiger charge is 2.16. The Kier molecular flexibility index (Phi) is 5.58. The Labute approximate surface area is 117 Å². The van der Waals surface area contributed by atoms with E-state index in [0.29, 0.717) is 6.54 Å². The molecule has 0 aromatic heterocycles. The van der Waals surface area contributed by atoms with Crippen molar-refractivity contribution in [2.24, 2.45) is 0 Å². The summed E-state index contributed by atoms with van der Waals surface area (Å²) in [4.78, 5) is 2.12. The van der Waals surface area contributed by atoms with E-state index in [9.17, 15) is 8.42 Å². The fourth-order valence-corrected chi connectivity index (χ4v) is 3.01. The fourth-order valence-electron chi connectivity index (χ4n) is 1.44. The molecule has 18 heavy (non-hydrogen) atoms. The van der Waals surface area contributed by atoms with Crippen LogP contribution in [0.25, 0.3) is 0 Å². The molecule has 0 spiro atoms. The van der Waals surface area contributed by atoms with Crippen LogP contribution in [0.2, 0.25) is 0 Å². The molecular weight excluding hydrogens is 318 g/mol. The Hall–Kier alpha value is -0.630. The number of nitrogens with zero attached hydrogens (tertiary/aromatic N) is 1. The van der Waals surface area contributed by atoms with Crippen molar-refractivity contribution in [2.75, 3.05) is 32.9 Å². The first-order chi connectivity index (χ1) is 8.33. The van der Waals surface area contributed by atoms with Gasteiger partial charge in [-0.3, -0.25) is 0 Å². The molecule has 0 heterocycles. The Morgan fingerprint density at radius 3 is 2.61 bits per heavy atom. The minimum absolute atomic E-state index is 0.121. The number of benzene rings is 1. The first-order valence-corrected chi connectivity index (χ1v) is 7.80. The molecule has 5 nitrogen and oxygen atoms in total. The number of rotatable bonds is 6. The van der Waals surface area contributed by atoms with Crippen molar-refractivity contribution in [3.63, 3.8) is 0 Å². The van der Waals surface area contributed by atoms with Gasteiger partial charge in [0.1, 0.15) is 4.90 Å². The molecule has 0 amide bonds. The average Bonchev–Trinajstić information content (AvgIpc) is 2.23. The van der Waals surface area contributed by atoms with Crippen LogP contribution in [-0.4, -0.2) is 40.5 Å². The van der Waals surface area contributed by atoms with E-state index >= 15 is 0 Å². The third-order valence-electron chi connectivity index (χ3n) is 2.34. The van der Waals surface area contributed by atoms with E-state index in [-0.39, 0.29) is 10.6 Å². The summed E-state index contributed by atoms with van der Waals surface area (Å²) in [5.74, 6) is 0. The molecule has 0 bridgehead atoms. The molecule has 3 N–H and O–H groups in total. The first kappa shape index (κ1) is 15.4. The Morgan fingerprint density at radius 2 is 2.06 bits per heavy atom. The van der Waals surface area contributed by atoms with Crippen LogP contribution >= 0.6 is 15.9 Å². The molecule has 0 aliphatic carbocycles. The summed E-state index contributed by atoms with van der Waals surface area (Å²) in [7, 11) is 0.371. The van der Waals surface area contributed by atoms with Crippen molar-refractivity contribution in [2.45, 2.75) is 11.3 Å². The van der Waals surface area contributed by atoms with Crippen LogP contribution in [0.15, 0.2) is 27.6 Å². The lowest BCUT2D eigenvalue weighted by Gasteiger charge is -2.11. The van der Waals surface area contributed by atoms with Gasteiger partial charge in [-0.25, -0.2) is 13.1 Å². The second-order valence-electron chi connectivity index (χ2n) is 4.24. The zero-order valence-electron chi connectivity index (χ0n) is 10.5. The number of sulfonamides is 1. The highest BCUT2D eigenvalue weighted by Crippen LogP contribution is 2.22. The number of halogens is 1. The van der Waals surface area contributed by atoms with E-state index in [2.05, 4.69) is 20.7 Å². The third-order valence-corrected chi connectivity index (χ3v) is 4.36. The molecule has 7 heteroatoms. The predicted octanol–water partition coefficient (Wildman–Crippen LogP) is 1.26. The van der Waals surface area contributed by atoms with E-state index in [0.717, 1.165) is 17.4 Å². The molecule has 0 radical (unpaired) electrons. The maximum atomic E-state index is 12.0. The summed E-state index contributed by atoms with van der Waals surface area (Å²) < 4.78 is 27.3. The standard InChI is InChI=1S/C11H18BrN3O2S/c1-15(2)7-3-6-14-18(16,17)11-5-4-9(12)8-10(11)13/h4-5,8,14H,3,6-7,13H2,1-2H3. The van der Waals surface area contributed by atoms with E-state index < -0.39 is 10.0 Å². The molecule has 0 aliphatic rings. The van der Waals surface area contributed by atoms with Gasteiger partial charge >= 0.3 is 0 Å². The van der Waals surface area contributed by atoms with E-state index in [1.165, 1.54) is 6.07 Å². The van der Waals surface area contributed by atoms with Crippen LogP contribution in [0.5, 0.6) is 0 Å². The van der Waals surface area contributed by atoms with E-state index in [4.69, 9.17) is 5.73 Å². The van der Waals surface area contributed by atoms with Gasteiger partial charge in [0.05, 0.1) is 5.69 Å². The minimum Gasteiger partial charge on any atom is -0.398 e. The van der Waals surface area contributed by atoms with Gasteiger partial charge in [-0.1, -0.05) is 15.9 Å². The van der Waals surface area contributed by atoms with E-state index in [1.807, 2.05) is 19.0 Å². The number of nitrogens with two attached hydrogens (primary N) is 1. The van der Waals surface area contributed by atoms with Crippen molar-refractivity contribution in [1.82, 2.24) is 9.62 Å². The van der Waals surface area contributed by atoms with Crippen molar-refractivity contribution < 1.29 is 8.42 Å². The zero-order valence-corrected chi connectivity index (χ0v) is 12.9. The normalized spacial score (nSPS) is 12.0. The van der Waals surface area contributed by atoms with Crippen LogP contribution in [0.4, 0.5) is 5.69 Å².